The number of nitrogens with zero attached hydrogens (tertiary/aromatic N) is 2. The van der Waals surface area contributed by atoms with Crippen molar-refractivity contribution < 1.29 is 9.47 Å². The van der Waals surface area contributed by atoms with Gasteiger partial charge in [-0.05, 0) is 141 Å². The van der Waals surface area contributed by atoms with E-state index in [9.17, 15) is 0 Å². The minimum absolute atomic E-state index is 0.629. The summed E-state index contributed by atoms with van der Waals surface area (Å²) < 4.78 is 13.4. The predicted octanol–water partition coefficient (Wildman–Crippen LogP) is 13.0. The first-order valence-electron chi connectivity index (χ1n) is 20.4. The van der Waals surface area contributed by atoms with Crippen LogP contribution in [0.2, 0.25) is 0 Å². The van der Waals surface area contributed by atoms with Crippen LogP contribution in [0.5, 0.6) is 11.5 Å². The molecule has 55 heavy (non-hydrogen) atoms. The summed E-state index contributed by atoms with van der Waals surface area (Å²) in [5, 5.41) is 0. The van der Waals surface area contributed by atoms with Gasteiger partial charge >= 0.3 is 0 Å². The van der Waals surface area contributed by atoms with Gasteiger partial charge in [0.05, 0.1) is 47.0 Å². The number of aryl methyl sites for hydroxylation is 4. The molecule has 2 N–H and O–H groups in total. The van der Waals surface area contributed by atoms with Crippen LogP contribution >= 0.6 is 0 Å². The Hall–Kier alpha value is -5.36. The van der Waals surface area contributed by atoms with Crippen LogP contribution in [0.3, 0.4) is 0 Å². The summed E-state index contributed by atoms with van der Waals surface area (Å²) >= 11 is 0. The molecule has 0 unspecified atom stereocenters. The van der Waals surface area contributed by atoms with Crippen LogP contribution in [-0.4, -0.2) is 33.1 Å². The van der Waals surface area contributed by atoms with Gasteiger partial charge in [-0.15, -0.1) is 0 Å². The second-order valence-electron chi connectivity index (χ2n) is 15.1. The standard InChI is InChI=1S/C49H54N4O2/c1-9-32-28(5)46-44-36-20-14-16-22-42(36)54-24-18-13-19-25-55-43-23-17-15-21-37(43)45(48-29(6)33(10-2)39(51-48)26-38(32)50-46)49-31(8)35(12-4)41(53-49)27-40-34(11-3)30(7)47(44)52-40/h14-17,20-23,26-27,50,53H,9-13,18-19,24-25H2,1-8H3. The van der Waals surface area contributed by atoms with Gasteiger partial charge in [0, 0.05) is 33.3 Å². The molecular weight excluding hydrogens is 677 g/mol. The molecule has 0 saturated heterocycles. The predicted molar refractivity (Wildman–Crippen MR) is 231 cm³/mol. The molecule has 6 heteroatoms. The van der Waals surface area contributed by atoms with E-state index in [-0.39, 0.29) is 0 Å². The minimum atomic E-state index is 0.629. The van der Waals surface area contributed by atoms with Crippen molar-refractivity contribution in [1.29, 1.82) is 0 Å². The highest BCUT2D eigenvalue weighted by molar-refractivity contribution is 6.04. The summed E-state index contributed by atoms with van der Waals surface area (Å²) in [4.78, 5) is 19.2. The number of aromatic amines is 2. The number of nitrogens with one attached hydrogen (secondary N) is 2. The number of H-pyrrole nitrogens is 2. The van der Waals surface area contributed by atoms with E-state index in [2.05, 4.69) is 126 Å². The molecule has 0 fully saturated rings. The average molecular weight is 731 g/mol. The lowest BCUT2D eigenvalue weighted by Crippen LogP contribution is -2.03. The highest BCUT2D eigenvalue weighted by Gasteiger charge is 2.27. The summed E-state index contributed by atoms with van der Waals surface area (Å²) in [6.07, 6.45) is 6.37. The first-order chi connectivity index (χ1) is 26.8. The summed E-state index contributed by atoms with van der Waals surface area (Å²) in [6, 6.07) is 21.6. The maximum absolute atomic E-state index is 6.68. The third kappa shape index (κ3) is 6.20. The number of aromatic nitrogens is 4. The zero-order chi connectivity index (χ0) is 38.4. The van der Waals surface area contributed by atoms with E-state index in [0.29, 0.717) is 13.2 Å². The fourth-order valence-corrected chi connectivity index (χ4v) is 9.18. The molecule has 4 aliphatic heterocycles. The number of hydrogen-bond acceptors (Lipinski definition) is 4. The summed E-state index contributed by atoms with van der Waals surface area (Å²) in [5.41, 5.74) is 22.6. The summed E-state index contributed by atoms with van der Waals surface area (Å²) in [5.74, 6) is 1.75. The molecule has 282 valence electrons. The molecule has 2 aromatic carbocycles. The summed E-state index contributed by atoms with van der Waals surface area (Å²) in [7, 11) is 0. The highest BCUT2D eigenvalue weighted by atomic mass is 16.5. The van der Waals surface area contributed by atoms with Gasteiger partial charge in [-0.1, -0.05) is 64.1 Å². The molecule has 0 amide bonds. The second-order valence-corrected chi connectivity index (χ2v) is 15.1. The number of ether oxygens (including phenoxy) is 2. The van der Waals surface area contributed by atoms with Crippen LogP contribution in [0.1, 0.15) is 119 Å². The molecule has 0 atom stereocenters. The Labute approximate surface area is 325 Å². The van der Waals surface area contributed by atoms with Crippen LogP contribution in [0.4, 0.5) is 0 Å². The Bertz CT molecular complexity index is 2390. The Morgan fingerprint density at radius 1 is 0.545 bits per heavy atom. The Balaban J connectivity index is 1.66. The van der Waals surface area contributed by atoms with E-state index in [1.165, 1.54) is 44.5 Å². The zero-order valence-corrected chi connectivity index (χ0v) is 33.8. The third-order valence-corrected chi connectivity index (χ3v) is 12.1. The van der Waals surface area contributed by atoms with Crippen LogP contribution < -0.4 is 9.47 Å². The van der Waals surface area contributed by atoms with E-state index in [1.807, 2.05) is 0 Å². The first kappa shape index (κ1) is 36.6. The van der Waals surface area contributed by atoms with Gasteiger partial charge in [0.15, 0.2) is 0 Å². The van der Waals surface area contributed by atoms with Crippen LogP contribution in [0.25, 0.3) is 66.6 Å². The van der Waals surface area contributed by atoms with Gasteiger partial charge < -0.3 is 19.4 Å². The SMILES string of the molecule is CCC1=C(C)c2nc1cc1[nH]c(c(C)c1CC)c1c3nc(cc4[nH]c(c(C)c4CC)c2-c2ccccc2OCCCCCOc2ccccc2-1)C(CC)=C3C. The Kier molecular flexibility index (Phi) is 10.0. The number of hydrogen-bond donors (Lipinski definition) is 2. The minimum Gasteiger partial charge on any atom is -0.493 e. The monoisotopic (exact) mass is 730 g/mol. The number of fused-ring (bicyclic) bond motifs is 6. The van der Waals surface area contributed by atoms with E-state index in [4.69, 9.17) is 19.4 Å². The molecular formula is C49H54N4O2. The lowest BCUT2D eigenvalue weighted by molar-refractivity contribution is 0.280. The van der Waals surface area contributed by atoms with Gasteiger partial charge in [0.25, 0.3) is 0 Å². The molecule has 4 aliphatic rings. The van der Waals surface area contributed by atoms with Crippen molar-refractivity contribution in [2.45, 2.75) is 100 Å². The molecule has 0 radical (unpaired) electrons. The molecule has 10 bridgehead atoms. The van der Waals surface area contributed by atoms with Crippen molar-refractivity contribution in [2.75, 3.05) is 13.2 Å². The topological polar surface area (TPSA) is 75.8 Å². The van der Waals surface area contributed by atoms with Gasteiger partial charge in [0.1, 0.15) is 11.5 Å². The lowest BCUT2D eigenvalue weighted by atomic mass is 9.94. The fraction of sp³-hybridized carbons (Fsp3) is 0.347. The van der Waals surface area contributed by atoms with Gasteiger partial charge in [-0.25, -0.2) is 9.97 Å². The number of rotatable bonds is 4. The van der Waals surface area contributed by atoms with E-state index < -0.39 is 0 Å². The van der Waals surface area contributed by atoms with Crippen LogP contribution in [0.15, 0.2) is 60.7 Å². The van der Waals surface area contributed by atoms with E-state index >= 15 is 0 Å². The van der Waals surface area contributed by atoms with Crippen molar-refractivity contribution in [3.05, 3.63) is 106 Å². The Morgan fingerprint density at radius 3 is 1.36 bits per heavy atom. The second kappa shape index (κ2) is 15.1. The first-order valence-corrected chi connectivity index (χ1v) is 20.4. The molecule has 0 aliphatic carbocycles. The van der Waals surface area contributed by atoms with Crippen molar-refractivity contribution in [1.82, 2.24) is 19.9 Å². The number of allylic oxidation sites excluding steroid dienone is 4. The fourth-order valence-electron chi connectivity index (χ4n) is 9.18. The molecule has 5 aromatic rings. The van der Waals surface area contributed by atoms with Gasteiger partial charge in [0.2, 0.25) is 0 Å². The van der Waals surface area contributed by atoms with E-state index in [1.54, 1.807) is 0 Å². The molecule has 6 nitrogen and oxygen atoms in total. The van der Waals surface area contributed by atoms with Gasteiger partial charge in [-0.3, -0.25) is 0 Å². The average Bonchev–Trinajstić information content (AvgIpc) is 3.88. The van der Waals surface area contributed by atoms with Gasteiger partial charge in [-0.2, -0.15) is 0 Å². The van der Waals surface area contributed by atoms with Crippen molar-refractivity contribution in [3.8, 4) is 33.8 Å². The highest BCUT2D eigenvalue weighted by Crippen LogP contribution is 2.46. The number of para-hydroxylation sites is 2. The normalized spacial score (nSPS) is 14.6. The van der Waals surface area contributed by atoms with Crippen molar-refractivity contribution >= 4 is 44.4 Å². The zero-order valence-electron chi connectivity index (χ0n) is 33.8. The van der Waals surface area contributed by atoms with Crippen molar-refractivity contribution in [2.24, 2.45) is 0 Å². The molecule has 3 aromatic heterocycles. The molecule has 9 rings (SSSR count). The molecule has 0 spiro atoms. The molecule has 0 saturated carbocycles. The maximum atomic E-state index is 6.68. The lowest BCUT2D eigenvalue weighted by Gasteiger charge is -2.15. The molecule has 7 heterocycles. The summed E-state index contributed by atoms with van der Waals surface area (Å²) in [6.45, 7) is 19.3. The quantitative estimate of drug-likeness (QED) is 0.193. The number of benzene rings is 2. The van der Waals surface area contributed by atoms with Crippen LogP contribution in [-0.2, 0) is 12.8 Å². The smallest absolute Gasteiger partial charge is 0.127 e. The van der Waals surface area contributed by atoms with E-state index in [0.717, 1.165) is 124 Å². The third-order valence-electron chi connectivity index (χ3n) is 12.1. The van der Waals surface area contributed by atoms with Crippen LogP contribution in [0, 0.1) is 13.8 Å². The maximum Gasteiger partial charge on any atom is 0.127 e. The Morgan fingerprint density at radius 2 is 0.964 bits per heavy atom. The largest absolute Gasteiger partial charge is 0.493 e. The van der Waals surface area contributed by atoms with Crippen molar-refractivity contribution in [3.63, 3.8) is 0 Å².